The fourth-order valence-electron chi connectivity index (χ4n) is 2.09. The minimum atomic E-state index is -0.244. The summed E-state index contributed by atoms with van der Waals surface area (Å²) in [5, 5.41) is 2.59. The molecule has 5 heteroatoms. The quantitative estimate of drug-likeness (QED) is 0.836. The summed E-state index contributed by atoms with van der Waals surface area (Å²) in [6, 6.07) is 7.91. The Hall–Kier alpha value is -1.55. The lowest BCUT2D eigenvalue weighted by Crippen LogP contribution is -2.33. The monoisotopic (exact) mass is 266 g/mol. The maximum absolute atomic E-state index is 12.0. The zero-order chi connectivity index (χ0) is 13.0. The molecule has 1 aromatic rings. The largest absolute Gasteiger partial charge is 0.355 e. The van der Waals surface area contributed by atoms with Crippen LogP contribution in [0.5, 0.6) is 0 Å². The minimum absolute atomic E-state index is 0.0369. The molecule has 1 aliphatic heterocycles. The standard InChI is InChI=1S/C13H15ClN2O2/c14-9-12(17)15-7-5-13(18)16-8-6-10-3-1-2-4-11(10)16/h1-4H,5-9H2,(H,15,17). The highest BCUT2D eigenvalue weighted by Crippen LogP contribution is 2.27. The molecular weight excluding hydrogens is 252 g/mol. The van der Waals surface area contributed by atoms with Crippen LogP contribution in [0.25, 0.3) is 0 Å². The van der Waals surface area contributed by atoms with Crippen LogP contribution < -0.4 is 10.2 Å². The van der Waals surface area contributed by atoms with Gasteiger partial charge in [-0.1, -0.05) is 18.2 Å². The zero-order valence-corrected chi connectivity index (χ0v) is 10.7. The molecule has 0 atom stereocenters. The molecule has 0 saturated carbocycles. The molecule has 0 spiro atoms. The lowest BCUT2D eigenvalue weighted by Gasteiger charge is -2.17. The van der Waals surface area contributed by atoms with Crippen LogP contribution in [0.3, 0.4) is 0 Å². The smallest absolute Gasteiger partial charge is 0.234 e. The second kappa shape index (κ2) is 5.87. The predicted octanol–water partition coefficient (Wildman–Crippen LogP) is 1.32. The van der Waals surface area contributed by atoms with Crippen molar-refractivity contribution in [2.75, 3.05) is 23.9 Å². The molecule has 1 aliphatic rings. The van der Waals surface area contributed by atoms with E-state index in [0.29, 0.717) is 13.0 Å². The number of alkyl halides is 1. The maximum Gasteiger partial charge on any atom is 0.234 e. The Kier molecular flexibility index (Phi) is 4.20. The van der Waals surface area contributed by atoms with Crippen molar-refractivity contribution in [1.29, 1.82) is 0 Å². The van der Waals surface area contributed by atoms with E-state index in [1.165, 1.54) is 5.56 Å². The summed E-state index contributed by atoms with van der Waals surface area (Å²) < 4.78 is 0. The topological polar surface area (TPSA) is 49.4 Å². The van der Waals surface area contributed by atoms with Crippen LogP contribution in [-0.2, 0) is 16.0 Å². The highest BCUT2D eigenvalue weighted by molar-refractivity contribution is 6.27. The van der Waals surface area contributed by atoms with Crippen molar-refractivity contribution in [2.24, 2.45) is 0 Å². The number of hydrogen-bond donors (Lipinski definition) is 1. The Bertz CT molecular complexity index is 462. The van der Waals surface area contributed by atoms with E-state index in [1.807, 2.05) is 24.3 Å². The Labute approximate surface area is 111 Å². The van der Waals surface area contributed by atoms with Gasteiger partial charge in [0, 0.05) is 25.2 Å². The molecule has 1 N–H and O–H groups in total. The number of carbonyl (C=O) groups excluding carboxylic acids is 2. The third kappa shape index (κ3) is 2.82. The van der Waals surface area contributed by atoms with Gasteiger partial charge in [-0.2, -0.15) is 0 Å². The van der Waals surface area contributed by atoms with Gasteiger partial charge in [0.1, 0.15) is 5.88 Å². The second-order valence-electron chi connectivity index (χ2n) is 4.16. The van der Waals surface area contributed by atoms with Crippen LogP contribution in [-0.4, -0.2) is 30.8 Å². The van der Waals surface area contributed by atoms with Gasteiger partial charge in [0.05, 0.1) is 0 Å². The van der Waals surface area contributed by atoms with Crippen molar-refractivity contribution in [3.8, 4) is 0 Å². The summed E-state index contributed by atoms with van der Waals surface area (Å²) in [6.45, 7) is 1.06. The lowest BCUT2D eigenvalue weighted by molar-refractivity contribution is -0.119. The van der Waals surface area contributed by atoms with Gasteiger partial charge in [0.25, 0.3) is 0 Å². The van der Waals surface area contributed by atoms with Gasteiger partial charge >= 0.3 is 0 Å². The van der Waals surface area contributed by atoms with Gasteiger partial charge in [0.2, 0.25) is 11.8 Å². The van der Waals surface area contributed by atoms with Gasteiger partial charge in [-0.05, 0) is 18.1 Å². The number of anilines is 1. The number of hydrogen-bond acceptors (Lipinski definition) is 2. The molecule has 2 rings (SSSR count). The van der Waals surface area contributed by atoms with Crippen molar-refractivity contribution >= 4 is 29.1 Å². The van der Waals surface area contributed by atoms with Crippen molar-refractivity contribution in [1.82, 2.24) is 5.32 Å². The maximum atomic E-state index is 12.0. The number of amides is 2. The van der Waals surface area contributed by atoms with Crippen LogP contribution in [0.4, 0.5) is 5.69 Å². The molecule has 18 heavy (non-hydrogen) atoms. The van der Waals surface area contributed by atoms with Crippen LogP contribution >= 0.6 is 11.6 Å². The molecule has 0 aliphatic carbocycles. The molecule has 4 nitrogen and oxygen atoms in total. The first-order chi connectivity index (χ1) is 8.72. The van der Waals surface area contributed by atoms with Gasteiger partial charge < -0.3 is 10.2 Å². The minimum Gasteiger partial charge on any atom is -0.355 e. The van der Waals surface area contributed by atoms with Crippen LogP contribution in [0, 0.1) is 0 Å². The van der Waals surface area contributed by atoms with Crippen molar-refractivity contribution < 1.29 is 9.59 Å². The highest BCUT2D eigenvalue weighted by atomic mass is 35.5. The predicted molar refractivity (Wildman–Crippen MR) is 70.8 cm³/mol. The van der Waals surface area contributed by atoms with Gasteiger partial charge in [-0.15, -0.1) is 11.6 Å². The lowest BCUT2D eigenvalue weighted by atomic mass is 10.2. The number of nitrogens with zero attached hydrogens (tertiary/aromatic N) is 1. The fraction of sp³-hybridized carbons (Fsp3) is 0.385. The molecule has 2 amide bonds. The van der Waals surface area contributed by atoms with Crippen LogP contribution in [0.1, 0.15) is 12.0 Å². The molecular formula is C13H15ClN2O2. The van der Waals surface area contributed by atoms with E-state index in [2.05, 4.69) is 5.32 Å². The van der Waals surface area contributed by atoms with E-state index in [1.54, 1.807) is 4.90 Å². The Morgan fingerprint density at radius 1 is 1.33 bits per heavy atom. The summed E-state index contributed by atoms with van der Waals surface area (Å²) in [6.07, 6.45) is 1.20. The number of halogens is 1. The Morgan fingerprint density at radius 3 is 2.89 bits per heavy atom. The molecule has 0 fully saturated rings. The van der Waals surface area contributed by atoms with Crippen molar-refractivity contribution in [3.63, 3.8) is 0 Å². The first-order valence-electron chi connectivity index (χ1n) is 5.93. The van der Waals surface area contributed by atoms with Crippen molar-refractivity contribution in [3.05, 3.63) is 29.8 Å². The molecule has 0 saturated heterocycles. The number of nitrogens with one attached hydrogen (secondary N) is 1. The average molecular weight is 267 g/mol. The molecule has 0 aromatic heterocycles. The number of para-hydroxylation sites is 1. The van der Waals surface area contributed by atoms with E-state index in [0.717, 1.165) is 18.7 Å². The van der Waals surface area contributed by atoms with E-state index >= 15 is 0 Å². The number of fused-ring (bicyclic) bond motifs is 1. The average Bonchev–Trinajstić information content (AvgIpc) is 2.82. The third-order valence-electron chi connectivity index (χ3n) is 2.97. The Balaban J connectivity index is 1.90. The molecule has 0 bridgehead atoms. The SMILES string of the molecule is O=C(CCl)NCCC(=O)N1CCc2ccccc21. The fourth-order valence-corrected chi connectivity index (χ4v) is 2.18. The van der Waals surface area contributed by atoms with E-state index in [-0.39, 0.29) is 17.7 Å². The van der Waals surface area contributed by atoms with E-state index < -0.39 is 0 Å². The van der Waals surface area contributed by atoms with Crippen LogP contribution in [0.2, 0.25) is 0 Å². The first-order valence-corrected chi connectivity index (χ1v) is 6.47. The number of benzene rings is 1. The van der Waals surface area contributed by atoms with Gasteiger partial charge in [-0.3, -0.25) is 9.59 Å². The van der Waals surface area contributed by atoms with Gasteiger partial charge in [-0.25, -0.2) is 0 Å². The summed E-state index contributed by atoms with van der Waals surface area (Å²) in [4.78, 5) is 24.7. The van der Waals surface area contributed by atoms with Crippen LogP contribution in [0.15, 0.2) is 24.3 Å². The molecule has 0 unspecified atom stereocenters. The second-order valence-corrected chi connectivity index (χ2v) is 4.42. The van der Waals surface area contributed by atoms with E-state index in [9.17, 15) is 9.59 Å². The van der Waals surface area contributed by atoms with Crippen molar-refractivity contribution in [2.45, 2.75) is 12.8 Å². The third-order valence-corrected chi connectivity index (χ3v) is 3.21. The molecule has 96 valence electrons. The summed E-state index contributed by atoms with van der Waals surface area (Å²) in [7, 11) is 0. The number of rotatable bonds is 4. The van der Waals surface area contributed by atoms with Gasteiger partial charge in [0.15, 0.2) is 0 Å². The zero-order valence-electron chi connectivity index (χ0n) is 9.99. The first kappa shape index (κ1) is 12.9. The van der Waals surface area contributed by atoms with E-state index in [4.69, 9.17) is 11.6 Å². The summed E-state index contributed by atoms with van der Waals surface area (Å²) >= 11 is 5.35. The summed E-state index contributed by atoms with van der Waals surface area (Å²) in [5.74, 6) is -0.276. The molecule has 1 aromatic carbocycles. The summed E-state index contributed by atoms with van der Waals surface area (Å²) in [5.41, 5.74) is 2.20. The number of carbonyl (C=O) groups is 2. The Morgan fingerprint density at radius 2 is 2.11 bits per heavy atom. The highest BCUT2D eigenvalue weighted by Gasteiger charge is 2.23. The molecule has 0 radical (unpaired) electrons. The molecule has 1 heterocycles. The normalized spacial score (nSPS) is 13.3.